The van der Waals surface area contributed by atoms with Gasteiger partial charge in [0.2, 0.25) is 5.91 Å². The molecule has 1 aromatic carbocycles. The molecule has 0 radical (unpaired) electrons. The summed E-state index contributed by atoms with van der Waals surface area (Å²) in [5, 5.41) is 6.03. The minimum Gasteiger partial charge on any atom is -0.350 e. The predicted molar refractivity (Wildman–Crippen MR) is 78.2 cm³/mol. The van der Waals surface area contributed by atoms with Crippen LogP contribution in [0.4, 0.5) is 0 Å². The predicted octanol–water partition coefficient (Wildman–Crippen LogP) is 3.13. The third-order valence-corrected chi connectivity index (χ3v) is 3.93. The van der Waals surface area contributed by atoms with E-state index in [1.54, 1.807) is 11.3 Å². The third kappa shape index (κ3) is 4.17. The zero-order valence-corrected chi connectivity index (χ0v) is 12.0. The van der Waals surface area contributed by atoms with Crippen molar-refractivity contribution in [1.82, 2.24) is 10.3 Å². The van der Waals surface area contributed by atoms with Gasteiger partial charge in [-0.3, -0.25) is 4.79 Å². The number of amides is 1. The number of hydrogen-bond donors (Lipinski definition) is 1. The molecule has 2 aromatic rings. The van der Waals surface area contributed by atoms with Crippen LogP contribution in [0.25, 0.3) is 0 Å². The molecule has 0 saturated carbocycles. The lowest BCUT2D eigenvalue weighted by Crippen LogP contribution is -2.24. The second kappa shape index (κ2) is 6.48. The highest BCUT2D eigenvalue weighted by molar-refractivity contribution is 7.09. The molecule has 0 atom stereocenters. The van der Waals surface area contributed by atoms with Crippen LogP contribution < -0.4 is 5.32 Å². The molecule has 0 aliphatic heterocycles. The molecule has 0 aliphatic rings. The van der Waals surface area contributed by atoms with Crippen molar-refractivity contribution in [3.8, 4) is 0 Å². The highest BCUT2D eigenvalue weighted by atomic mass is 32.1. The zero-order chi connectivity index (χ0) is 13.7. The van der Waals surface area contributed by atoms with Gasteiger partial charge in [0.25, 0.3) is 0 Å². The summed E-state index contributed by atoms with van der Waals surface area (Å²) in [6.07, 6.45) is 0.419. The Hall–Kier alpha value is -1.68. The van der Waals surface area contributed by atoms with Gasteiger partial charge in [-0.25, -0.2) is 4.98 Å². The molecule has 19 heavy (non-hydrogen) atoms. The largest absolute Gasteiger partial charge is 0.350 e. The van der Waals surface area contributed by atoms with Gasteiger partial charge in [0.15, 0.2) is 0 Å². The summed E-state index contributed by atoms with van der Waals surface area (Å²) >= 11 is 1.65. The van der Waals surface area contributed by atoms with Gasteiger partial charge in [0.1, 0.15) is 0 Å². The van der Waals surface area contributed by atoms with E-state index in [1.165, 1.54) is 0 Å². The fraction of sp³-hybridized carbons (Fsp3) is 0.333. The summed E-state index contributed by atoms with van der Waals surface area (Å²) in [6.45, 7) is 4.75. The Kier molecular flexibility index (Phi) is 4.68. The molecule has 0 spiro atoms. The molecule has 1 heterocycles. The van der Waals surface area contributed by atoms with Gasteiger partial charge in [-0.05, 0) is 5.56 Å². The van der Waals surface area contributed by atoms with Gasteiger partial charge in [-0.2, -0.15) is 0 Å². The molecule has 0 aliphatic carbocycles. The molecule has 0 unspecified atom stereocenters. The second-order valence-corrected chi connectivity index (χ2v) is 5.66. The highest BCUT2D eigenvalue weighted by Crippen LogP contribution is 2.18. The van der Waals surface area contributed by atoms with Crippen molar-refractivity contribution in [2.45, 2.75) is 32.7 Å². The summed E-state index contributed by atoms with van der Waals surface area (Å²) in [7, 11) is 0. The first-order chi connectivity index (χ1) is 9.15. The van der Waals surface area contributed by atoms with E-state index in [4.69, 9.17) is 0 Å². The van der Waals surface area contributed by atoms with Crippen LogP contribution >= 0.6 is 11.3 Å². The summed E-state index contributed by atoms with van der Waals surface area (Å²) in [5.74, 6) is 0.476. The Morgan fingerprint density at radius 2 is 2.05 bits per heavy atom. The van der Waals surface area contributed by atoms with Crippen LogP contribution in [0.5, 0.6) is 0 Å². The van der Waals surface area contributed by atoms with Crippen LogP contribution in [0, 0.1) is 0 Å². The van der Waals surface area contributed by atoms with E-state index in [0.29, 0.717) is 18.9 Å². The number of rotatable bonds is 5. The monoisotopic (exact) mass is 274 g/mol. The lowest BCUT2D eigenvalue weighted by Gasteiger charge is -2.03. The van der Waals surface area contributed by atoms with E-state index in [2.05, 4.69) is 24.1 Å². The standard InChI is InChI=1S/C15H18N2OS/c1-11(2)15-17-13(10-19-15)9-16-14(18)8-12-6-4-3-5-7-12/h3-7,10-11H,8-9H2,1-2H3,(H,16,18). The molecule has 1 N–H and O–H groups in total. The van der Waals surface area contributed by atoms with Crippen LogP contribution in [0.15, 0.2) is 35.7 Å². The summed E-state index contributed by atoms with van der Waals surface area (Å²) in [4.78, 5) is 16.3. The first-order valence-corrected chi connectivity index (χ1v) is 7.28. The van der Waals surface area contributed by atoms with E-state index in [0.717, 1.165) is 16.3 Å². The molecule has 2 rings (SSSR count). The SMILES string of the molecule is CC(C)c1nc(CNC(=O)Cc2ccccc2)cs1. The summed E-state index contributed by atoms with van der Waals surface area (Å²) in [5.41, 5.74) is 1.97. The molecule has 0 saturated heterocycles. The van der Waals surface area contributed by atoms with Gasteiger partial charge in [0, 0.05) is 11.3 Å². The van der Waals surface area contributed by atoms with Crippen molar-refractivity contribution in [3.63, 3.8) is 0 Å². The fourth-order valence-corrected chi connectivity index (χ4v) is 2.54. The average Bonchev–Trinajstić information content (AvgIpc) is 2.86. The lowest BCUT2D eigenvalue weighted by molar-refractivity contribution is -0.120. The number of hydrogen-bond acceptors (Lipinski definition) is 3. The maximum absolute atomic E-state index is 11.8. The van der Waals surface area contributed by atoms with E-state index in [1.807, 2.05) is 35.7 Å². The number of aromatic nitrogens is 1. The molecule has 1 amide bonds. The smallest absolute Gasteiger partial charge is 0.224 e. The molecule has 3 nitrogen and oxygen atoms in total. The molecule has 0 fully saturated rings. The number of benzene rings is 1. The van der Waals surface area contributed by atoms with Gasteiger partial charge < -0.3 is 5.32 Å². The minimum atomic E-state index is 0.0327. The van der Waals surface area contributed by atoms with Crippen molar-refractivity contribution >= 4 is 17.2 Å². The highest BCUT2D eigenvalue weighted by Gasteiger charge is 2.07. The number of carbonyl (C=O) groups excluding carboxylic acids is 1. The number of thiazole rings is 1. The van der Waals surface area contributed by atoms with Crippen LogP contribution in [0.1, 0.15) is 36.0 Å². The maximum atomic E-state index is 11.8. The normalized spacial score (nSPS) is 10.7. The number of nitrogens with one attached hydrogen (secondary N) is 1. The molecule has 4 heteroatoms. The Morgan fingerprint density at radius 3 is 2.68 bits per heavy atom. The Labute approximate surface area is 117 Å². The van der Waals surface area contributed by atoms with Crippen molar-refractivity contribution in [2.75, 3.05) is 0 Å². The number of nitrogens with zero attached hydrogens (tertiary/aromatic N) is 1. The van der Waals surface area contributed by atoms with Crippen molar-refractivity contribution < 1.29 is 4.79 Å². The van der Waals surface area contributed by atoms with Gasteiger partial charge in [-0.1, -0.05) is 44.2 Å². The zero-order valence-electron chi connectivity index (χ0n) is 11.2. The van der Waals surface area contributed by atoms with Gasteiger partial charge in [0.05, 0.1) is 23.7 Å². The van der Waals surface area contributed by atoms with Crippen molar-refractivity contribution in [1.29, 1.82) is 0 Å². The first-order valence-electron chi connectivity index (χ1n) is 6.40. The first kappa shape index (κ1) is 13.7. The maximum Gasteiger partial charge on any atom is 0.224 e. The Balaban J connectivity index is 1.83. The van der Waals surface area contributed by atoms with E-state index in [9.17, 15) is 4.79 Å². The molecule has 0 bridgehead atoms. The molecule has 100 valence electrons. The minimum absolute atomic E-state index is 0.0327. The number of carbonyl (C=O) groups is 1. The van der Waals surface area contributed by atoms with Gasteiger partial charge >= 0.3 is 0 Å². The Morgan fingerprint density at radius 1 is 1.32 bits per heavy atom. The third-order valence-electron chi connectivity index (χ3n) is 2.74. The van der Waals surface area contributed by atoms with E-state index in [-0.39, 0.29) is 5.91 Å². The average molecular weight is 274 g/mol. The van der Waals surface area contributed by atoms with Crippen LogP contribution in [0.3, 0.4) is 0 Å². The quantitative estimate of drug-likeness (QED) is 0.910. The van der Waals surface area contributed by atoms with E-state index < -0.39 is 0 Å². The topological polar surface area (TPSA) is 42.0 Å². The van der Waals surface area contributed by atoms with Crippen LogP contribution in [-0.2, 0) is 17.8 Å². The van der Waals surface area contributed by atoms with Crippen molar-refractivity contribution in [2.24, 2.45) is 0 Å². The second-order valence-electron chi connectivity index (χ2n) is 4.77. The van der Waals surface area contributed by atoms with Crippen LogP contribution in [0.2, 0.25) is 0 Å². The summed E-state index contributed by atoms with van der Waals surface area (Å²) < 4.78 is 0. The summed E-state index contributed by atoms with van der Waals surface area (Å²) in [6, 6.07) is 9.75. The van der Waals surface area contributed by atoms with Crippen LogP contribution in [-0.4, -0.2) is 10.9 Å². The molecular weight excluding hydrogens is 256 g/mol. The van der Waals surface area contributed by atoms with Gasteiger partial charge in [-0.15, -0.1) is 11.3 Å². The molecular formula is C15H18N2OS. The van der Waals surface area contributed by atoms with Crippen molar-refractivity contribution in [3.05, 3.63) is 52.0 Å². The molecule has 1 aromatic heterocycles. The fourth-order valence-electron chi connectivity index (χ4n) is 1.70. The lowest BCUT2D eigenvalue weighted by atomic mass is 10.1. The Bertz CT molecular complexity index is 534. The van der Waals surface area contributed by atoms with E-state index >= 15 is 0 Å².